The Kier molecular flexibility index (Phi) is 5.42. The molecule has 0 spiro atoms. The van der Waals surface area contributed by atoms with Gasteiger partial charge in [-0.3, -0.25) is 4.98 Å². The molecule has 33 heavy (non-hydrogen) atoms. The Balaban J connectivity index is 1.68. The highest BCUT2D eigenvalue weighted by Crippen LogP contribution is 2.43. The summed E-state index contributed by atoms with van der Waals surface area (Å²) >= 11 is 5.78. The highest BCUT2D eigenvalue weighted by Gasteiger charge is 2.42. The van der Waals surface area contributed by atoms with Crippen LogP contribution in [0.2, 0.25) is 0 Å². The van der Waals surface area contributed by atoms with Crippen LogP contribution in [0, 0.1) is 26.6 Å². The number of hydrogen-bond acceptors (Lipinski definition) is 3. The standard InChI is InChI=1S/C26H24FN5S/c1-16-11-13-29-23(14-16)31-17(2)15-21(18(31)3)25-24(22-6-4-5-12-28-22)30-26(33)32(25)20-9-7-19(27)8-10-20/h4-15,24-25H,1-3H3,(H,30,33)/t24-,25+/m1/s1. The van der Waals surface area contributed by atoms with Gasteiger partial charge >= 0.3 is 0 Å². The molecule has 1 aliphatic heterocycles. The average molecular weight is 458 g/mol. The molecule has 0 bridgehead atoms. The van der Waals surface area contributed by atoms with Gasteiger partial charge in [0.1, 0.15) is 11.6 Å². The summed E-state index contributed by atoms with van der Waals surface area (Å²) in [5.41, 5.74) is 6.15. The van der Waals surface area contributed by atoms with Gasteiger partial charge in [-0.25, -0.2) is 9.37 Å². The third-order valence-electron chi connectivity index (χ3n) is 6.12. The lowest BCUT2D eigenvalue weighted by Gasteiger charge is -2.28. The van der Waals surface area contributed by atoms with Gasteiger partial charge in [0.15, 0.2) is 5.11 Å². The lowest BCUT2D eigenvalue weighted by atomic mass is 9.96. The second kappa shape index (κ2) is 8.41. The number of pyridine rings is 2. The van der Waals surface area contributed by atoms with Crippen LogP contribution in [0.15, 0.2) is 73.1 Å². The third-order valence-corrected chi connectivity index (χ3v) is 6.44. The first kappa shape index (κ1) is 21.3. The van der Waals surface area contributed by atoms with Crippen LogP contribution in [0.4, 0.5) is 10.1 Å². The van der Waals surface area contributed by atoms with E-state index in [1.54, 1.807) is 18.3 Å². The zero-order valence-electron chi connectivity index (χ0n) is 18.7. The largest absolute Gasteiger partial charge is 0.351 e. The van der Waals surface area contributed by atoms with Crippen molar-refractivity contribution in [1.82, 2.24) is 19.9 Å². The van der Waals surface area contributed by atoms with Crippen LogP contribution in [0.25, 0.3) is 5.82 Å². The zero-order valence-corrected chi connectivity index (χ0v) is 19.5. The van der Waals surface area contributed by atoms with Crippen molar-refractivity contribution in [2.75, 3.05) is 4.90 Å². The van der Waals surface area contributed by atoms with E-state index in [1.165, 1.54) is 12.1 Å². The molecule has 5 rings (SSSR count). The summed E-state index contributed by atoms with van der Waals surface area (Å²) in [6.07, 6.45) is 3.62. The van der Waals surface area contributed by atoms with Crippen molar-refractivity contribution in [3.8, 4) is 5.82 Å². The molecule has 166 valence electrons. The fraction of sp³-hybridized carbons (Fsp3) is 0.192. The molecule has 3 aromatic heterocycles. The number of rotatable bonds is 4. The summed E-state index contributed by atoms with van der Waals surface area (Å²) in [4.78, 5) is 11.3. The van der Waals surface area contributed by atoms with Crippen molar-refractivity contribution < 1.29 is 4.39 Å². The van der Waals surface area contributed by atoms with Crippen molar-refractivity contribution in [2.45, 2.75) is 32.9 Å². The van der Waals surface area contributed by atoms with Crippen molar-refractivity contribution in [3.05, 3.63) is 107 Å². The second-order valence-corrected chi connectivity index (χ2v) is 8.71. The highest BCUT2D eigenvalue weighted by atomic mass is 32.1. The molecule has 1 fully saturated rings. The molecule has 5 nitrogen and oxygen atoms in total. The maximum absolute atomic E-state index is 13.7. The van der Waals surface area contributed by atoms with E-state index in [-0.39, 0.29) is 17.9 Å². The van der Waals surface area contributed by atoms with Crippen molar-refractivity contribution >= 4 is 23.0 Å². The number of benzene rings is 1. The SMILES string of the molecule is Cc1ccnc(-n2c(C)cc([C@H]3[C@@H](c4ccccn4)NC(=S)N3c3ccc(F)cc3)c2C)c1. The summed E-state index contributed by atoms with van der Waals surface area (Å²) in [7, 11) is 0. The molecule has 2 atom stereocenters. The summed E-state index contributed by atoms with van der Waals surface area (Å²) in [5.74, 6) is 0.603. The fourth-order valence-electron chi connectivity index (χ4n) is 4.63. The van der Waals surface area contributed by atoms with E-state index in [2.05, 4.69) is 57.7 Å². The lowest BCUT2D eigenvalue weighted by Crippen LogP contribution is -2.29. The van der Waals surface area contributed by atoms with Crippen LogP contribution in [0.3, 0.4) is 0 Å². The maximum Gasteiger partial charge on any atom is 0.174 e. The van der Waals surface area contributed by atoms with E-state index < -0.39 is 0 Å². The van der Waals surface area contributed by atoms with Crippen LogP contribution in [-0.2, 0) is 0 Å². The normalized spacial score (nSPS) is 17.9. The molecule has 1 N–H and O–H groups in total. The first-order chi connectivity index (χ1) is 15.9. The molecule has 0 amide bonds. The molecule has 0 aliphatic carbocycles. The summed E-state index contributed by atoms with van der Waals surface area (Å²) in [6, 6.07) is 18.3. The molecular weight excluding hydrogens is 433 g/mol. The monoisotopic (exact) mass is 457 g/mol. The molecule has 0 unspecified atom stereocenters. The Hall–Kier alpha value is -3.58. The van der Waals surface area contributed by atoms with E-state index in [0.717, 1.165) is 39.7 Å². The predicted octanol–water partition coefficient (Wildman–Crippen LogP) is 5.51. The Bertz CT molecular complexity index is 1320. The third kappa shape index (κ3) is 3.78. The minimum absolute atomic E-state index is 0.164. The highest BCUT2D eigenvalue weighted by molar-refractivity contribution is 7.80. The van der Waals surface area contributed by atoms with E-state index in [9.17, 15) is 4.39 Å². The van der Waals surface area contributed by atoms with Gasteiger partial charge in [-0.1, -0.05) is 6.07 Å². The van der Waals surface area contributed by atoms with Gasteiger partial charge < -0.3 is 14.8 Å². The Labute approximate surface area is 197 Å². The van der Waals surface area contributed by atoms with Crippen molar-refractivity contribution in [3.63, 3.8) is 0 Å². The molecule has 0 radical (unpaired) electrons. The number of aromatic nitrogens is 3. The first-order valence-corrected chi connectivity index (χ1v) is 11.2. The summed E-state index contributed by atoms with van der Waals surface area (Å²) in [6.45, 7) is 6.25. The average Bonchev–Trinajstić information content (AvgIpc) is 3.30. The quantitative estimate of drug-likeness (QED) is 0.410. The van der Waals surface area contributed by atoms with E-state index in [1.807, 2.05) is 30.5 Å². The van der Waals surface area contributed by atoms with Gasteiger partial charge in [-0.15, -0.1) is 0 Å². The number of aryl methyl sites for hydroxylation is 2. The molecular formula is C26H24FN5S. The Morgan fingerprint density at radius 3 is 2.42 bits per heavy atom. The van der Waals surface area contributed by atoms with Crippen LogP contribution >= 0.6 is 12.2 Å². The number of halogens is 1. The Morgan fingerprint density at radius 2 is 1.73 bits per heavy atom. The molecule has 1 aliphatic rings. The van der Waals surface area contributed by atoms with Gasteiger partial charge in [0.05, 0.1) is 17.8 Å². The van der Waals surface area contributed by atoms with Crippen LogP contribution in [-0.4, -0.2) is 19.6 Å². The minimum atomic E-state index is -0.279. The number of hydrogen-bond donors (Lipinski definition) is 1. The molecule has 1 saturated heterocycles. The maximum atomic E-state index is 13.7. The van der Waals surface area contributed by atoms with Crippen LogP contribution in [0.5, 0.6) is 0 Å². The molecule has 1 aromatic carbocycles. The van der Waals surface area contributed by atoms with Gasteiger partial charge in [0.25, 0.3) is 0 Å². The van der Waals surface area contributed by atoms with Crippen LogP contribution in [0.1, 0.15) is 40.3 Å². The van der Waals surface area contributed by atoms with Crippen molar-refractivity contribution in [1.29, 1.82) is 0 Å². The summed E-state index contributed by atoms with van der Waals surface area (Å²) in [5, 5.41) is 4.05. The fourth-order valence-corrected chi connectivity index (χ4v) is 4.98. The molecule has 4 heterocycles. The molecule has 4 aromatic rings. The second-order valence-electron chi connectivity index (χ2n) is 8.33. The van der Waals surface area contributed by atoms with Gasteiger partial charge in [0.2, 0.25) is 0 Å². The van der Waals surface area contributed by atoms with E-state index in [0.29, 0.717) is 5.11 Å². The molecule has 7 heteroatoms. The Morgan fingerprint density at radius 1 is 0.939 bits per heavy atom. The number of thiocarbonyl (C=S) groups is 1. The van der Waals surface area contributed by atoms with Crippen molar-refractivity contribution in [2.24, 2.45) is 0 Å². The smallest absolute Gasteiger partial charge is 0.174 e. The van der Waals surface area contributed by atoms with E-state index in [4.69, 9.17) is 12.2 Å². The van der Waals surface area contributed by atoms with E-state index >= 15 is 0 Å². The zero-order chi connectivity index (χ0) is 23.1. The predicted molar refractivity (Wildman–Crippen MR) is 132 cm³/mol. The number of nitrogens with one attached hydrogen (secondary N) is 1. The first-order valence-electron chi connectivity index (χ1n) is 10.8. The van der Waals surface area contributed by atoms with Crippen LogP contribution < -0.4 is 10.2 Å². The van der Waals surface area contributed by atoms with Gasteiger partial charge in [-0.2, -0.15) is 0 Å². The summed E-state index contributed by atoms with van der Waals surface area (Å²) < 4.78 is 15.9. The lowest BCUT2D eigenvalue weighted by molar-refractivity contribution is 0.565. The number of nitrogens with zero attached hydrogens (tertiary/aromatic N) is 4. The molecule has 0 saturated carbocycles. The van der Waals surface area contributed by atoms with Gasteiger partial charge in [0, 0.05) is 29.5 Å². The topological polar surface area (TPSA) is 46.0 Å². The van der Waals surface area contributed by atoms with Gasteiger partial charge in [-0.05, 0) is 98.7 Å². The minimum Gasteiger partial charge on any atom is -0.351 e. The number of anilines is 1.